The number of fused-ring (bicyclic) bond motifs is 3. The fourth-order valence-corrected chi connectivity index (χ4v) is 3.12. The van der Waals surface area contributed by atoms with Crippen molar-refractivity contribution in [3.05, 3.63) is 18.0 Å². The van der Waals surface area contributed by atoms with Crippen LogP contribution in [0.2, 0.25) is 0 Å². The van der Waals surface area contributed by atoms with Crippen LogP contribution in [0.3, 0.4) is 0 Å². The van der Waals surface area contributed by atoms with E-state index in [-0.39, 0.29) is 0 Å². The third-order valence-electron chi connectivity index (χ3n) is 4.24. The summed E-state index contributed by atoms with van der Waals surface area (Å²) in [6, 6.07) is 0.697. The van der Waals surface area contributed by atoms with Crippen molar-refractivity contribution >= 4 is 0 Å². The standard InChI is InChI=1S/C13H22N4/c1-2-17-9-11(8-15-17)7-14-13-10-16-5-3-12(13)4-6-16/h8-9,12-14H,2-7,10H2,1H3. The van der Waals surface area contributed by atoms with E-state index in [0.29, 0.717) is 6.04 Å². The zero-order chi connectivity index (χ0) is 11.7. The first kappa shape index (κ1) is 11.2. The Hall–Kier alpha value is -0.870. The van der Waals surface area contributed by atoms with Gasteiger partial charge in [-0.05, 0) is 38.8 Å². The minimum atomic E-state index is 0.697. The molecule has 1 aromatic rings. The number of piperidine rings is 3. The van der Waals surface area contributed by atoms with E-state index < -0.39 is 0 Å². The van der Waals surface area contributed by atoms with Crippen LogP contribution in [0.4, 0.5) is 0 Å². The van der Waals surface area contributed by atoms with Crippen LogP contribution in [0.25, 0.3) is 0 Å². The molecule has 0 amide bonds. The highest BCUT2D eigenvalue weighted by Gasteiger charge is 2.33. The van der Waals surface area contributed by atoms with Crippen LogP contribution in [0.15, 0.2) is 12.4 Å². The maximum Gasteiger partial charge on any atom is 0.0534 e. The number of nitrogens with zero attached hydrogens (tertiary/aromatic N) is 3. The SMILES string of the molecule is CCn1cc(CNC2CN3CCC2CC3)cn1. The van der Waals surface area contributed by atoms with Gasteiger partial charge in [0.15, 0.2) is 0 Å². The van der Waals surface area contributed by atoms with E-state index >= 15 is 0 Å². The second-order valence-electron chi connectivity index (χ2n) is 5.33. The van der Waals surface area contributed by atoms with E-state index in [1.165, 1.54) is 38.0 Å². The van der Waals surface area contributed by atoms with Crippen molar-refractivity contribution in [2.24, 2.45) is 5.92 Å². The molecule has 0 saturated carbocycles. The highest BCUT2D eigenvalue weighted by Crippen LogP contribution is 2.27. The highest BCUT2D eigenvalue weighted by molar-refractivity contribution is 5.04. The van der Waals surface area contributed by atoms with Gasteiger partial charge >= 0.3 is 0 Å². The lowest BCUT2D eigenvalue weighted by atomic mass is 9.84. The van der Waals surface area contributed by atoms with Crippen LogP contribution in [-0.2, 0) is 13.1 Å². The van der Waals surface area contributed by atoms with Gasteiger partial charge in [0.05, 0.1) is 6.20 Å². The predicted molar refractivity (Wildman–Crippen MR) is 67.7 cm³/mol. The third kappa shape index (κ3) is 2.38. The molecule has 0 aromatic carbocycles. The number of rotatable bonds is 4. The summed E-state index contributed by atoms with van der Waals surface area (Å²) in [5.74, 6) is 0.904. The number of aromatic nitrogens is 2. The minimum absolute atomic E-state index is 0.697. The number of hydrogen-bond acceptors (Lipinski definition) is 3. The molecule has 4 heterocycles. The summed E-state index contributed by atoms with van der Waals surface area (Å²) in [4.78, 5) is 2.59. The highest BCUT2D eigenvalue weighted by atomic mass is 15.3. The van der Waals surface area contributed by atoms with Crippen molar-refractivity contribution in [3.63, 3.8) is 0 Å². The fourth-order valence-electron chi connectivity index (χ4n) is 3.12. The Balaban J connectivity index is 1.54. The monoisotopic (exact) mass is 234 g/mol. The lowest BCUT2D eigenvalue weighted by Crippen LogP contribution is -2.55. The van der Waals surface area contributed by atoms with Crippen LogP contribution in [0.5, 0.6) is 0 Å². The van der Waals surface area contributed by atoms with Crippen molar-refractivity contribution in [1.82, 2.24) is 20.0 Å². The summed E-state index contributed by atoms with van der Waals surface area (Å²) in [5.41, 5.74) is 1.31. The molecule has 1 aromatic heterocycles. The van der Waals surface area contributed by atoms with Crippen molar-refractivity contribution in [3.8, 4) is 0 Å². The summed E-state index contributed by atoms with van der Waals surface area (Å²) in [5, 5.41) is 8.02. The minimum Gasteiger partial charge on any atom is -0.308 e. The first-order valence-corrected chi connectivity index (χ1v) is 6.82. The number of nitrogens with one attached hydrogen (secondary N) is 1. The third-order valence-corrected chi connectivity index (χ3v) is 4.24. The number of aryl methyl sites for hydroxylation is 1. The van der Waals surface area contributed by atoms with Gasteiger partial charge in [0.25, 0.3) is 0 Å². The van der Waals surface area contributed by atoms with Gasteiger partial charge in [-0.1, -0.05) is 0 Å². The van der Waals surface area contributed by atoms with Crippen molar-refractivity contribution in [2.75, 3.05) is 19.6 Å². The van der Waals surface area contributed by atoms with Crippen molar-refractivity contribution in [1.29, 1.82) is 0 Å². The van der Waals surface area contributed by atoms with Gasteiger partial charge < -0.3 is 10.2 Å². The second kappa shape index (κ2) is 4.78. The zero-order valence-corrected chi connectivity index (χ0v) is 10.6. The quantitative estimate of drug-likeness (QED) is 0.846. The molecule has 2 bridgehead atoms. The van der Waals surface area contributed by atoms with E-state index in [9.17, 15) is 0 Å². The van der Waals surface area contributed by atoms with Crippen LogP contribution in [-0.4, -0.2) is 40.4 Å². The molecular formula is C13H22N4. The molecule has 3 aliphatic rings. The molecule has 0 aliphatic carbocycles. The first-order valence-electron chi connectivity index (χ1n) is 6.82. The van der Waals surface area contributed by atoms with Gasteiger partial charge in [-0.2, -0.15) is 5.10 Å². The first-order chi connectivity index (χ1) is 8.35. The average Bonchev–Trinajstić information content (AvgIpc) is 2.86. The molecule has 4 heteroatoms. The molecule has 17 heavy (non-hydrogen) atoms. The van der Waals surface area contributed by atoms with Gasteiger partial charge in [0, 0.05) is 37.4 Å². The van der Waals surface area contributed by atoms with Crippen molar-refractivity contribution < 1.29 is 0 Å². The molecule has 0 radical (unpaired) electrons. The molecule has 1 unspecified atom stereocenters. The molecule has 0 spiro atoms. The summed E-state index contributed by atoms with van der Waals surface area (Å²) in [6.07, 6.45) is 6.89. The van der Waals surface area contributed by atoms with Gasteiger partial charge in [0.2, 0.25) is 0 Å². The molecule has 4 rings (SSSR count). The summed E-state index contributed by atoms with van der Waals surface area (Å²) < 4.78 is 1.99. The van der Waals surface area contributed by atoms with E-state index in [4.69, 9.17) is 0 Å². The van der Waals surface area contributed by atoms with Crippen LogP contribution in [0.1, 0.15) is 25.3 Å². The molecule has 3 aliphatic heterocycles. The van der Waals surface area contributed by atoms with Crippen LogP contribution in [0, 0.1) is 5.92 Å². The molecular weight excluding hydrogens is 212 g/mol. The zero-order valence-electron chi connectivity index (χ0n) is 10.6. The largest absolute Gasteiger partial charge is 0.308 e. The second-order valence-corrected chi connectivity index (χ2v) is 5.33. The lowest BCUT2D eigenvalue weighted by Gasteiger charge is -2.45. The Labute approximate surface area is 103 Å². The Morgan fingerprint density at radius 1 is 1.41 bits per heavy atom. The summed E-state index contributed by atoms with van der Waals surface area (Å²) in [6.45, 7) is 7.92. The normalized spacial score (nSPS) is 31.9. The van der Waals surface area contributed by atoms with E-state index in [2.05, 4.69) is 28.4 Å². The fraction of sp³-hybridized carbons (Fsp3) is 0.769. The van der Waals surface area contributed by atoms with Gasteiger partial charge in [0.1, 0.15) is 0 Å². The molecule has 1 atom stereocenters. The Bertz CT molecular complexity index is 365. The van der Waals surface area contributed by atoms with E-state index in [1.54, 1.807) is 0 Å². The van der Waals surface area contributed by atoms with Crippen LogP contribution < -0.4 is 5.32 Å². The summed E-state index contributed by atoms with van der Waals surface area (Å²) >= 11 is 0. The molecule has 3 saturated heterocycles. The molecule has 4 nitrogen and oxygen atoms in total. The molecule has 1 N–H and O–H groups in total. The maximum absolute atomic E-state index is 4.31. The van der Waals surface area contributed by atoms with Crippen LogP contribution >= 0.6 is 0 Å². The Morgan fingerprint density at radius 3 is 2.82 bits per heavy atom. The molecule has 3 fully saturated rings. The predicted octanol–water partition coefficient (Wildman–Crippen LogP) is 1.09. The summed E-state index contributed by atoms with van der Waals surface area (Å²) in [7, 11) is 0. The van der Waals surface area contributed by atoms with Gasteiger partial charge in [-0.3, -0.25) is 4.68 Å². The topological polar surface area (TPSA) is 33.1 Å². The van der Waals surface area contributed by atoms with Gasteiger partial charge in [-0.25, -0.2) is 0 Å². The Morgan fingerprint density at radius 2 is 2.24 bits per heavy atom. The average molecular weight is 234 g/mol. The van der Waals surface area contributed by atoms with E-state index in [0.717, 1.165) is 19.0 Å². The van der Waals surface area contributed by atoms with Crippen molar-refractivity contribution in [2.45, 2.75) is 38.9 Å². The van der Waals surface area contributed by atoms with E-state index in [1.807, 2.05) is 10.9 Å². The maximum atomic E-state index is 4.31. The smallest absolute Gasteiger partial charge is 0.0534 e. The number of hydrogen-bond donors (Lipinski definition) is 1. The lowest BCUT2D eigenvalue weighted by molar-refractivity contribution is 0.0720. The molecule has 94 valence electrons. The van der Waals surface area contributed by atoms with Gasteiger partial charge in [-0.15, -0.1) is 0 Å². The Kier molecular flexibility index (Phi) is 3.16.